The van der Waals surface area contributed by atoms with Crippen molar-refractivity contribution in [2.24, 2.45) is 0 Å². The number of aromatic nitrogens is 1. The number of nitrogens with zero attached hydrogens (tertiary/aromatic N) is 3. The van der Waals surface area contributed by atoms with Gasteiger partial charge in [-0.2, -0.15) is 0 Å². The lowest BCUT2D eigenvalue weighted by Crippen LogP contribution is -2.49. The first-order chi connectivity index (χ1) is 10.6. The molecule has 130 valence electrons. The van der Waals surface area contributed by atoms with Gasteiger partial charge in [-0.3, -0.25) is 9.69 Å². The number of aryl methyl sites for hydroxylation is 1. The summed E-state index contributed by atoms with van der Waals surface area (Å²) in [6.07, 6.45) is 2.15. The molecule has 2 saturated heterocycles. The molecule has 0 aliphatic carbocycles. The SMILES string of the molecule is Cc1noc(Cl)c1CCC(=O)N1CCC(N2CCNCC2)C1.Cl. The van der Waals surface area contributed by atoms with Crippen LogP contribution in [0.25, 0.3) is 0 Å². The second-order valence-corrected chi connectivity index (χ2v) is 6.43. The summed E-state index contributed by atoms with van der Waals surface area (Å²) in [5, 5.41) is 7.50. The number of carbonyl (C=O) groups is 1. The topological polar surface area (TPSA) is 61.6 Å². The van der Waals surface area contributed by atoms with E-state index < -0.39 is 0 Å². The molecule has 6 nitrogen and oxygen atoms in total. The van der Waals surface area contributed by atoms with Gasteiger partial charge in [0.1, 0.15) is 0 Å². The Kier molecular flexibility index (Phi) is 6.71. The zero-order valence-corrected chi connectivity index (χ0v) is 15.0. The smallest absolute Gasteiger partial charge is 0.229 e. The molecule has 1 N–H and O–H groups in total. The minimum atomic E-state index is 0. The number of hydrogen-bond donors (Lipinski definition) is 1. The van der Waals surface area contributed by atoms with E-state index >= 15 is 0 Å². The molecule has 3 heterocycles. The summed E-state index contributed by atoms with van der Waals surface area (Å²) in [4.78, 5) is 16.9. The van der Waals surface area contributed by atoms with E-state index in [1.807, 2.05) is 11.8 Å². The molecule has 2 aliphatic heterocycles. The molecule has 2 aliphatic rings. The van der Waals surface area contributed by atoms with Crippen molar-refractivity contribution >= 4 is 29.9 Å². The third-order valence-electron chi connectivity index (χ3n) is 4.71. The fourth-order valence-corrected chi connectivity index (χ4v) is 3.61. The van der Waals surface area contributed by atoms with Crippen LogP contribution >= 0.6 is 24.0 Å². The Bertz CT molecular complexity index is 512. The average Bonchev–Trinajstić information content (AvgIpc) is 3.14. The Balaban J connectivity index is 0.00000192. The van der Waals surface area contributed by atoms with E-state index in [4.69, 9.17) is 16.1 Å². The van der Waals surface area contributed by atoms with Gasteiger partial charge in [-0.1, -0.05) is 5.16 Å². The van der Waals surface area contributed by atoms with Crippen molar-refractivity contribution in [1.82, 2.24) is 20.3 Å². The summed E-state index contributed by atoms with van der Waals surface area (Å²) in [5.41, 5.74) is 1.63. The average molecular weight is 363 g/mol. The van der Waals surface area contributed by atoms with Crippen LogP contribution in [0.2, 0.25) is 5.22 Å². The maximum absolute atomic E-state index is 12.4. The molecule has 1 atom stereocenters. The number of piperazine rings is 1. The minimum Gasteiger partial charge on any atom is -0.344 e. The number of carbonyl (C=O) groups excluding carboxylic acids is 1. The largest absolute Gasteiger partial charge is 0.344 e. The number of likely N-dealkylation sites (tertiary alicyclic amines) is 1. The maximum Gasteiger partial charge on any atom is 0.229 e. The summed E-state index contributed by atoms with van der Waals surface area (Å²) in [5.74, 6) is 0.203. The minimum absolute atomic E-state index is 0. The third kappa shape index (κ3) is 4.38. The van der Waals surface area contributed by atoms with Gasteiger partial charge in [0.15, 0.2) is 0 Å². The summed E-state index contributed by atoms with van der Waals surface area (Å²) < 4.78 is 4.93. The highest BCUT2D eigenvalue weighted by Gasteiger charge is 2.30. The van der Waals surface area contributed by atoms with Gasteiger partial charge < -0.3 is 14.7 Å². The Morgan fingerprint density at radius 3 is 2.78 bits per heavy atom. The van der Waals surface area contributed by atoms with E-state index in [1.54, 1.807) is 0 Å². The van der Waals surface area contributed by atoms with Crippen LogP contribution in [-0.4, -0.2) is 66.2 Å². The lowest BCUT2D eigenvalue weighted by Gasteiger charge is -2.32. The maximum atomic E-state index is 12.4. The van der Waals surface area contributed by atoms with Crippen molar-refractivity contribution in [3.63, 3.8) is 0 Å². The van der Waals surface area contributed by atoms with E-state index in [2.05, 4.69) is 15.4 Å². The van der Waals surface area contributed by atoms with E-state index in [-0.39, 0.29) is 18.3 Å². The molecule has 0 spiro atoms. The third-order valence-corrected chi connectivity index (χ3v) is 5.01. The van der Waals surface area contributed by atoms with Crippen LogP contribution < -0.4 is 5.32 Å². The standard InChI is InChI=1S/C15H23ClN4O2.ClH/c1-11-13(15(16)22-18-11)2-3-14(21)20-7-4-12(10-20)19-8-5-17-6-9-19;/h12,17H,2-10H2,1H3;1H. The van der Waals surface area contributed by atoms with E-state index in [1.165, 1.54) is 0 Å². The number of amides is 1. The normalized spacial score (nSPS) is 22.2. The molecule has 0 aromatic carbocycles. The molecule has 2 fully saturated rings. The number of rotatable bonds is 4. The zero-order chi connectivity index (χ0) is 15.5. The quantitative estimate of drug-likeness (QED) is 0.879. The summed E-state index contributed by atoms with van der Waals surface area (Å²) in [6.45, 7) is 7.85. The monoisotopic (exact) mass is 362 g/mol. The Hall–Kier alpha value is -0.820. The highest BCUT2D eigenvalue weighted by molar-refractivity contribution is 6.29. The van der Waals surface area contributed by atoms with Crippen LogP contribution in [0.1, 0.15) is 24.1 Å². The predicted octanol–water partition coefficient (Wildman–Crippen LogP) is 1.50. The lowest BCUT2D eigenvalue weighted by molar-refractivity contribution is -0.130. The molecular formula is C15H24Cl2N4O2. The van der Waals surface area contributed by atoms with Crippen molar-refractivity contribution in [2.45, 2.75) is 32.2 Å². The van der Waals surface area contributed by atoms with Gasteiger partial charge in [0.25, 0.3) is 0 Å². The van der Waals surface area contributed by atoms with E-state index in [0.717, 1.165) is 56.9 Å². The van der Waals surface area contributed by atoms with Crippen LogP contribution in [0.15, 0.2) is 4.52 Å². The zero-order valence-electron chi connectivity index (χ0n) is 13.4. The van der Waals surface area contributed by atoms with Crippen LogP contribution in [0.4, 0.5) is 0 Å². The fraction of sp³-hybridized carbons (Fsp3) is 0.733. The Labute approximate surface area is 147 Å². The molecule has 23 heavy (non-hydrogen) atoms. The molecular weight excluding hydrogens is 339 g/mol. The van der Waals surface area contributed by atoms with E-state index in [0.29, 0.717) is 24.1 Å². The van der Waals surface area contributed by atoms with Crippen molar-refractivity contribution in [1.29, 1.82) is 0 Å². The molecule has 1 amide bonds. The molecule has 1 aromatic heterocycles. The van der Waals surface area contributed by atoms with Crippen LogP contribution in [0.5, 0.6) is 0 Å². The van der Waals surface area contributed by atoms with Crippen LogP contribution in [-0.2, 0) is 11.2 Å². The van der Waals surface area contributed by atoms with Crippen molar-refractivity contribution in [3.05, 3.63) is 16.5 Å². The second-order valence-electron chi connectivity index (χ2n) is 6.09. The van der Waals surface area contributed by atoms with Crippen LogP contribution in [0, 0.1) is 6.92 Å². The first kappa shape index (κ1) is 18.5. The van der Waals surface area contributed by atoms with Gasteiger partial charge in [0.2, 0.25) is 11.1 Å². The molecule has 1 unspecified atom stereocenters. The lowest BCUT2D eigenvalue weighted by atomic mass is 10.1. The van der Waals surface area contributed by atoms with Crippen molar-refractivity contribution < 1.29 is 9.32 Å². The van der Waals surface area contributed by atoms with Gasteiger partial charge in [-0.25, -0.2) is 0 Å². The highest BCUT2D eigenvalue weighted by Crippen LogP contribution is 2.22. The molecule has 8 heteroatoms. The number of nitrogens with one attached hydrogen (secondary N) is 1. The van der Waals surface area contributed by atoms with E-state index in [9.17, 15) is 4.79 Å². The highest BCUT2D eigenvalue weighted by atomic mass is 35.5. The van der Waals surface area contributed by atoms with Crippen molar-refractivity contribution in [2.75, 3.05) is 39.3 Å². The number of hydrogen-bond acceptors (Lipinski definition) is 5. The van der Waals surface area contributed by atoms with Crippen molar-refractivity contribution in [3.8, 4) is 0 Å². The van der Waals surface area contributed by atoms with Gasteiger partial charge >= 0.3 is 0 Å². The first-order valence-electron chi connectivity index (χ1n) is 7.98. The summed E-state index contributed by atoms with van der Waals surface area (Å²) in [6, 6.07) is 0.520. The second kappa shape index (κ2) is 8.33. The van der Waals surface area contributed by atoms with Gasteiger partial charge in [-0.05, 0) is 31.4 Å². The molecule has 0 saturated carbocycles. The Morgan fingerprint density at radius 2 is 2.13 bits per heavy atom. The fourth-order valence-electron chi connectivity index (χ4n) is 3.34. The predicted molar refractivity (Wildman–Crippen MR) is 91.2 cm³/mol. The molecule has 3 rings (SSSR count). The Morgan fingerprint density at radius 1 is 1.39 bits per heavy atom. The van der Waals surface area contributed by atoms with Gasteiger partial charge in [0.05, 0.1) is 5.69 Å². The summed E-state index contributed by atoms with van der Waals surface area (Å²) >= 11 is 5.95. The molecule has 0 bridgehead atoms. The van der Waals surface area contributed by atoms with Crippen LogP contribution in [0.3, 0.4) is 0 Å². The van der Waals surface area contributed by atoms with Gasteiger partial charge in [0, 0.05) is 57.3 Å². The summed E-state index contributed by atoms with van der Waals surface area (Å²) in [7, 11) is 0. The molecule has 1 aromatic rings. The number of halogens is 2. The van der Waals surface area contributed by atoms with Gasteiger partial charge in [-0.15, -0.1) is 12.4 Å². The molecule has 0 radical (unpaired) electrons. The first-order valence-corrected chi connectivity index (χ1v) is 8.36.